The van der Waals surface area contributed by atoms with Crippen molar-refractivity contribution in [3.8, 4) is 0 Å². The van der Waals surface area contributed by atoms with Gasteiger partial charge in [0.2, 0.25) is 0 Å². The number of carbonyl (C=O) groups excluding carboxylic acids is 1. The normalized spacial score (nSPS) is 10.5. The van der Waals surface area contributed by atoms with Crippen LogP contribution in [-0.4, -0.2) is 43.4 Å². The fourth-order valence-electron chi connectivity index (χ4n) is 0.754. The molecular weight excluding hydrogens is 220 g/mol. The first-order valence-electron chi connectivity index (χ1n) is 6.23. The molecule has 0 saturated heterocycles. The quantitative estimate of drug-likeness (QED) is 0.786. The minimum Gasteiger partial charge on any atom is -0.396 e. The van der Waals surface area contributed by atoms with Gasteiger partial charge >= 0.3 is 0 Å². The van der Waals surface area contributed by atoms with Gasteiger partial charge in [-0.2, -0.15) is 0 Å². The molecule has 17 heavy (non-hydrogen) atoms. The van der Waals surface area contributed by atoms with E-state index in [2.05, 4.69) is 0 Å². The monoisotopic (exact) mass is 250 g/mol. The molecule has 0 aromatic carbocycles. The minimum absolute atomic E-state index is 0.167. The summed E-state index contributed by atoms with van der Waals surface area (Å²) < 4.78 is 9.96. The number of rotatable bonds is 6. The number of hydrogen-bond acceptors (Lipinski definition) is 4. The topological polar surface area (TPSA) is 55.8 Å². The summed E-state index contributed by atoms with van der Waals surface area (Å²) in [5.74, 6) is 0.167. The van der Waals surface area contributed by atoms with Crippen molar-refractivity contribution in [2.24, 2.45) is 0 Å². The van der Waals surface area contributed by atoms with Crippen molar-refractivity contribution < 1.29 is 19.4 Å². The molecule has 4 heteroatoms. The molecule has 1 unspecified atom stereocenters. The van der Waals surface area contributed by atoms with Crippen LogP contribution < -0.4 is 0 Å². The molecule has 4 nitrogen and oxygen atoms in total. The highest BCUT2D eigenvalue weighted by Crippen LogP contribution is 1.93. The predicted octanol–water partition coefficient (Wildman–Crippen LogP) is 2.43. The van der Waals surface area contributed by atoms with Gasteiger partial charge in [0.05, 0.1) is 6.10 Å². The maximum Gasteiger partial charge on any atom is 0.126 e. The molecule has 0 amide bonds. The summed E-state index contributed by atoms with van der Waals surface area (Å²) in [7, 11) is 0. The van der Waals surface area contributed by atoms with E-state index in [-0.39, 0.29) is 18.5 Å². The lowest BCUT2D eigenvalue weighted by atomic mass is 10.3. The number of ether oxygens (including phenoxy) is 2. The van der Waals surface area contributed by atoms with Crippen LogP contribution in [0.15, 0.2) is 0 Å². The van der Waals surface area contributed by atoms with E-state index >= 15 is 0 Å². The van der Waals surface area contributed by atoms with Gasteiger partial charge in [-0.25, -0.2) is 0 Å². The molecule has 0 aliphatic carbocycles. The largest absolute Gasteiger partial charge is 0.396 e. The van der Waals surface area contributed by atoms with Gasteiger partial charge in [0, 0.05) is 26.4 Å². The second-order valence-electron chi connectivity index (χ2n) is 3.47. The number of aliphatic hydroxyl groups is 1. The zero-order chi connectivity index (χ0) is 14.1. The molecule has 0 spiro atoms. The summed E-state index contributed by atoms with van der Waals surface area (Å²) in [4.78, 5) is 9.44. The molecule has 0 aliphatic heterocycles. The van der Waals surface area contributed by atoms with Crippen LogP contribution in [0.4, 0.5) is 0 Å². The summed E-state index contributed by atoms with van der Waals surface area (Å²) in [6, 6.07) is 0. The lowest BCUT2D eigenvalue weighted by Gasteiger charge is -2.07. The highest BCUT2D eigenvalue weighted by atomic mass is 16.5. The fraction of sp³-hybridized carbons (Fsp3) is 0.923. The van der Waals surface area contributed by atoms with Gasteiger partial charge in [0.15, 0.2) is 0 Å². The summed E-state index contributed by atoms with van der Waals surface area (Å²) >= 11 is 0. The summed E-state index contributed by atoms with van der Waals surface area (Å²) in [5, 5.41) is 8.38. The summed E-state index contributed by atoms with van der Waals surface area (Å²) in [6.45, 7) is 13.6. The molecule has 0 heterocycles. The molecule has 0 rings (SSSR count). The maximum absolute atomic E-state index is 9.44. The first-order chi connectivity index (χ1) is 7.95. The van der Waals surface area contributed by atoms with Gasteiger partial charge in [0.25, 0.3) is 0 Å². The Balaban J connectivity index is -0.000000188. The van der Waals surface area contributed by atoms with E-state index in [1.54, 1.807) is 0 Å². The number of hydrogen-bond donors (Lipinski definition) is 1. The van der Waals surface area contributed by atoms with Crippen LogP contribution in [0.1, 0.15) is 48.0 Å². The summed E-state index contributed by atoms with van der Waals surface area (Å²) in [5.41, 5.74) is 0. The van der Waals surface area contributed by atoms with Crippen molar-refractivity contribution in [1.29, 1.82) is 0 Å². The Labute approximate surface area is 106 Å². The van der Waals surface area contributed by atoms with Crippen molar-refractivity contribution in [2.45, 2.75) is 54.1 Å². The van der Waals surface area contributed by atoms with Gasteiger partial charge in [-0.3, -0.25) is 0 Å². The van der Waals surface area contributed by atoms with Crippen LogP contribution in [0.2, 0.25) is 0 Å². The van der Waals surface area contributed by atoms with Crippen molar-refractivity contribution in [1.82, 2.24) is 0 Å². The molecule has 0 radical (unpaired) electrons. The molecule has 1 atom stereocenters. The Hall–Kier alpha value is -0.450. The van der Waals surface area contributed by atoms with Crippen molar-refractivity contribution in [3.05, 3.63) is 0 Å². The first-order valence-corrected chi connectivity index (χ1v) is 6.23. The van der Waals surface area contributed by atoms with E-state index in [1.807, 2.05) is 27.7 Å². The van der Waals surface area contributed by atoms with E-state index in [0.717, 1.165) is 26.2 Å². The highest BCUT2D eigenvalue weighted by Gasteiger charge is 1.96. The van der Waals surface area contributed by atoms with E-state index in [1.165, 1.54) is 13.8 Å². The summed E-state index contributed by atoms with van der Waals surface area (Å²) in [6.07, 6.45) is 0.957. The molecule has 0 bridgehead atoms. The third-order valence-electron chi connectivity index (χ3n) is 1.40. The Morgan fingerprint density at radius 2 is 1.53 bits per heavy atom. The average Bonchev–Trinajstić information content (AvgIpc) is 2.19. The van der Waals surface area contributed by atoms with Crippen molar-refractivity contribution in [2.75, 3.05) is 26.4 Å². The van der Waals surface area contributed by atoms with Crippen LogP contribution in [-0.2, 0) is 14.3 Å². The van der Waals surface area contributed by atoms with Crippen LogP contribution in [0.5, 0.6) is 0 Å². The Kier molecular flexibility index (Phi) is 26.8. The minimum atomic E-state index is 0.167. The maximum atomic E-state index is 9.44. The third kappa shape index (κ3) is 50.1. The van der Waals surface area contributed by atoms with Crippen LogP contribution in [0.25, 0.3) is 0 Å². The lowest BCUT2D eigenvalue weighted by molar-refractivity contribution is -0.114. The Bertz CT molecular complexity index is 125. The second-order valence-corrected chi connectivity index (χ2v) is 3.47. The van der Waals surface area contributed by atoms with Crippen molar-refractivity contribution >= 4 is 5.78 Å². The Morgan fingerprint density at radius 1 is 1.12 bits per heavy atom. The number of ketones is 1. The molecule has 0 saturated carbocycles. The third-order valence-corrected chi connectivity index (χ3v) is 1.40. The van der Waals surface area contributed by atoms with E-state index in [4.69, 9.17) is 14.6 Å². The van der Waals surface area contributed by atoms with Gasteiger partial charge in [-0.05, 0) is 48.0 Å². The molecule has 0 aromatic heterocycles. The molecular formula is C13H30O4. The molecule has 106 valence electrons. The highest BCUT2D eigenvalue weighted by molar-refractivity contribution is 5.72. The van der Waals surface area contributed by atoms with E-state index in [9.17, 15) is 4.79 Å². The standard InChI is InChI=1S/C6H14O2.C4H10O.C3H6O/c1-3-8-6(2)4-5-7;1-3-5-4-2;1-3(2)4/h6-7H,3-5H2,1-2H3;3-4H2,1-2H3;1-2H3. The predicted molar refractivity (Wildman–Crippen MR) is 71.3 cm³/mol. The molecule has 0 aliphatic rings. The van der Waals surface area contributed by atoms with Crippen LogP contribution in [0, 0.1) is 0 Å². The number of Topliss-reactive ketones (excluding diaryl/α,β-unsaturated/α-hetero) is 1. The molecule has 0 aromatic rings. The Morgan fingerprint density at radius 3 is 1.71 bits per heavy atom. The molecule has 1 N–H and O–H groups in total. The fourth-order valence-corrected chi connectivity index (χ4v) is 0.754. The zero-order valence-electron chi connectivity index (χ0n) is 12.3. The smallest absolute Gasteiger partial charge is 0.126 e. The van der Waals surface area contributed by atoms with Gasteiger partial charge in [0.1, 0.15) is 5.78 Å². The number of carbonyl (C=O) groups is 1. The van der Waals surface area contributed by atoms with Crippen LogP contribution >= 0.6 is 0 Å². The van der Waals surface area contributed by atoms with E-state index in [0.29, 0.717) is 0 Å². The molecule has 0 fully saturated rings. The van der Waals surface area contributed by atoms with Crippen LogP contribution in [0.3, 0.4) is 0 Å². The van der Waals surface area contributed by atoms with Gasteiger partial charge in [-0.1, -0.05) is 0 Å². The lowest BCUT2D eigenvalue weighted by Crippen LogP contribution is -2.09. The SMILES string of the molecule is CC(C)=O.CCOC(C)CCO.CCOCC. The van der Waals surface area contributed by atoms with Crippen molar-refractivity contribution in [3.63, 3.8) is 0 Å². The second kappa shape index (κ2) is 20.9. The van der Waals surface area contributed by atoms with E-state index < -0.39 is 0 Å². The number of aliphatic hydroxyl groups excluding tert-OH is 1. The average molecular weight is 250 g/mol. The first kappa shape index (κ1) is 21.8. The van der Waals surface area contributed by atoms with Gasteiger partial charge < -0.3 is 19.4 Å². The zero-order valence-corrected chi connectivity index (χ0v) is 12.3. The van der Waals surface area contributed by atoms with Gasteiger partial charge in [-0.15, -0.1) is 0 Å².